The van der Waals surface area contributed by atoms with Crippen molar-refractivity contribution in [2.45, 2.75) is 31.8 Å². The van der Waals surface area contributed by atoms with Gasteiger partial charge in [0.1, 0.15) is 0 Å². The first-order chi connectivity index (χ1) is 11.6. The molecule has 3 rings (SSSR count). The first kappa shape index (κ1) is 16.9. The van der Waals surface area contributed by atoms with Gasteiger partial charge >= 0.3 is 0 Å². The van der Waals surface area contributed by atoms with E-state index in [1.54, 1.807) is 16.0 Å². The number of hydrogen-bond donors (Lipinski definition) is 0. The highest BCUT2D eigenvalue weighted by Crippen LogP contribution is 2.22. The number of ether oxygens (including phenoxy) is 1. The summed E-state index contributed by atoms with van der Waals surface area (Å²) in [6.45, 7) is 2.49. The summed E-state index contributed by atoms with van der Waals surface area (Å²) in [4.78, 5) is 32.3. The Labute approximate surface area is 142 Å². The Morgan fingerprint density at radius 3 is 2.88 bits per heavy atom. The number of rotatable bonds is 6. The van der Waals surface area contributed by atoms with Gasteiger partial charge < -0.3 is 14.5 Å². The second kappa shape index (κ2) is 7.75. The number of likely N-dealkylation sites (tertiary alicyclic amines) is 1. The average molecular weight is 331 g/mol. The molecule has 1 aromatic heterocycles. The van der Waals surface area contributed by atoms with Crippen LogP contribution in [0.4, 0.5) is 0 Å². The molecule has 0 aromatic carbocycles. The summed E-state index contributed by atoms with van der Waals surface area (Å²) >= 11 is 0. The smallest absolute Gasteiger partial charge is 0.229 e. The molecular formula is C18H25N3O3. The summed E-state index contributed by atoms with van der Waals surface area (Å²) in [6.07, 6.45) is 5.06. The highest BCUT2D eigenvalue weighted by Gasteiger charge is 2.37. The quantitative estimate of drug-likeness (QED) is 0.783. The molecule has 6 heteroatoms. The lowest BCUT2D eigenvalue weighted by Crippen LogP contribution is -2.56. The fourth-order valence-corrected chi connectivity index (χ4v) is 3.22. The molecule has 0 aliphatic carbocycles. The third-order valence-electron chi connectivity index (χ3n) is 4.82. The molecule has 0 radical (unpaired) electrons. The molecular weight excluding hydrogens is 306 g/mol. The summed E-state index contributed by atoms with van der Waals surface area (Å²) < 4.78 is 5.50. The van der Waals surface area contributed by atoms with E-state index in [0.717, 1.165) is 31.6 Å². The molecule has 2 amide bonds. The van der Waals surface area contributed by atoms with Crippen LogP contribution in [0.3, 0.4) is 0 Å². The Balaban J connectivity index is 1.38. The highest BCUT2D eigenvalue weighted by molar-refractivity contribution is 5.84. The number of likely N-dealkylation sites (N-methyl/N-ethyl adjacent to an activating group) is 1. The second-order valence-corrected chi connectivity index (χ2v) is 6.67. The highest BCUT2D eigenvalue weighted by atomic mass is 16.5. The van der Waals surface area contributed by atoms with Gasteiger partial charge in [0.05, 0.1) is 18.4 Å². The topological polar surface area (TPSA) is 62.7 Å². The molecule has 1 unspecified atom stereocenters. The monoisotopic (exact) mass is 331 g/mol. The van der Waals surface area contributed by atoms with Crippen molar-refractivity contribution in [3.63, 3.8) is 0 Å². The molecule has 6 nitrogen and oxygen atoms in total. The minimum Gasteiger partial charge on any atom is -0.378 e. The van der Waals surface area contributed by atoms with Crippen LogP contribution in [-0.4, -0.2) is 66.0 Å². The van der Waals surface area contributed by atoms with Gasteiger partial charge in [-0.15, -0.1) is 0 Å². The molecule has 2 aliphatic heterocycles. The van der Waals surface area contributed by atoms with Crippen LogP contribution in [-0.2, 0) is 20.7 Å². The Kier molecular flexibility index (Phi) is 5.45. The molecule has 0 N–H and O–H groups in total. The van der Waals surface area contributed by atoms with Gasteiger partial charge in [0, 0.05) is 51.6 Å². The molecule has 3 heterocycles. The fraction of sp³-hybridized carbons (Fsp3) is 0.611. The first-order valence-electron chi connectivity index (χ1n) is 8.67. The number of pyridine rings is 1. The maximum absolute atomic E-state index is 12.4. The van der Waals surface area contributed by atoms with Crippen molar-refractivity contribution in [2.24, 2.45) is 5.92 Å². The molecule has 2 saturated heterocycles. The van der Waals surface area contributed by atoms with Gasteiger partial charge in [0.25, 0.3) is 0 Å². The Morgan fingerprint density at radius 1 is 1.38 bits per heavy atom. The van der Waals surface area contributed by atoms with Crippen LogP contribution in [0.25, 0.3) is 0 Å². The third-order valence-corrected chi connectivity index (χ3v) is 4.82. The van der Waals surface area contributed by atoms with Crippen molar-refractivity contribution in [1.29, 1.82) is 0 Å². The molecule has 130 valence electrons. The van der Waals surface area contributed by atoms with Crippen molar-refractivity contribution in [3.05, 3.63) is 30.1 Å². The van der Waals surface area contributed by atoms with E-state index in [1.165, 1.54) is 0 Å². The summed E-state index contributed by atoms with van der Waals surface area (Å²) in [7, 11) is 1.82. The average Bonchev–Trinajstić information content (AvgIpc) is 3.05. The van der Waals surface area contributed by atoms with Gasteiger partial charge in [-0.25, -0.2) is 0 Å². The minimum absolute atomic E-state index is 0.0628. The second-order valence-electron chi connectivity index (χ2n) is 6.67. The molecule has 1 atom stereocenters. The summed E-state index contributed by atoms with van der Waals surface area (Å²) in [5, 5.41) is 0. The maximum atomic E-state index is 12.4. The largest absolute Gasteiger partial charge is 0.378 e. The lowest BCUT2D eigenvalue weighted by Gasteiger charge is -2.40. The number of hydrogen-bond acceptors (Lipinski definition) is 4. The lowest BCUT2D eigenvalue weighted by atomic mass is 9.97. The summed E-state index contributed by atoms with van der Waals surface area (Å²) in [6, 6.07) is 5.80. The number of carbonyl (C=O) groups excluding carboxylic acids is 2. The molecule has 2 aliphatic rings. The van der Waals surface area contributed by atoms with Gasteiger partial charge in [-0.1, -0.05) is 6.07 Å². The van der Waals surface area contributed by atoms with E-state index in [9.17, 15) is 9.59 Å². The van der Waals surface area contributed by atoms with Gasteiger partial charge in [-0.05, 0) is 25.0 Å². The van der Waals surface area contributed by atoms with Crippen molar-refractivity contribution < 1.29 is 14.3 Å². The Bertz CT molecular complexity index is 566. The van der Waals surface area contributed by atoms with E-state index in [2.05, 4.69) is 4.98 Å². The van der Waals surface area contributed by atoms with Crippen LogP contribution < -0.4 is 0 Å². The van der Waals surface area contributed by atoms with Gasteiger partial charge in [-0.2, -0.15) is 0 Å². The van der Waals surface area contributed by atoms with E-state index in [1.807, 2.05) is 25.2 Å². The predicted octanol–water partition coefficient (Wildman–Crippen LogP) is 1.11. The molecule has 0 bridgehead atoms. The van der Waals surface area contributed by atoms with Crippen LogP contribution >= 0.6 is 0 Å². The standard InChI is InChI=1S/C18H25N3O3/c1-20(9-7-15-5-2-3-8-19-15)18(23)14-12-21(13-14)17(22)11-16-6-4-10-24-16/h2-3,5,8,14,16H,4,6-7,9-13H2,1H3. The maximum Gasteiger partial charge on any atom is 0.229 e. The first-order valence-corrected chi connectivity index (χ1v) is 8.67. The van der Waals surface area contributed by atoms with Crippen LogP contribution in [0, 0.1) is 5.92 Å². The third kappa shape index (κ3) is 4.12. The van der Waals surface area contributed by atoms with E-state index in [4.69, 9.17) is 4.74 Å². The van der Waals surface area contributed by atoms with Crippen molar-refractivity contribution in [3.8, 4) is 0 Å². The van der Waals surface area contributed by atoms with E-state index in [-0.39, 0.29) is 23.8 Å². The van der Waals surface area contributed by atoms with E-state index >= 15 is 0 Å². The Morgan fingerprint density at radius 2 is 2.21 bits per heavy atom. The molecule has 0 saturated carbocycles. The number of carbonyl (C=O) groups is 2. The van der Waals surface area contributed by atoms with Gasteiger partial charge in [-0.3, -0.25) is 14.6 Å². The van der Waals surface area contributed by atoms with Crippen LogP contribution in [0.1, 0.15) is 25.0 Å². The van der Waals surface area contributed by atoms with Gasteiger partial charge in [0.2, 0.25) is 11.8 Å². The van der Waals surface area contributed by atoms with Crippen molar-refractivity contribution >= 4 is 11.8 Å². The zero-order valence-electron chi connectivity index (χ0n) is 14.2. The van der Waals surface area contributed by atoms with E-state index in [0.29, 0.717) is 26.1 Å². The van der Waals surface area contributed by atoms with Gasteiger partial charge in [0.15, 0.2) is 0 Å². The molecule has 24 heavy (non-hydrogen) atoms. The number of aromatic nitrogens is 1. The van der Waals surface area contributed by atoms with Crippen LogP contribution in [0.2, 0.25) is 0 Å². The van der Waals surface area contributed by atoms with Crippen molar-refractivity contribution in [2.75, 3.05) is 33.3 Å². The zero-order valence-corrected chi connectivity index (χ0v) is 14.2. The molecule has 2 fully saturated rings. The SMILES string of the molecule is CN(CCc1ccccn1)C(=O)C1CN(C(=O)CC2CCCO2)C1. The molecule has 0 spiro atoms. The molecule has 1 aromatic rings. The summed E-state index contributed by atoms with van der Waals surface area (Å²) in [5.74, 6) is 0.168. The summed E-state index contributed by atoms with van der Waals surface area (Å²) in [5.41, 5.74) is 0.985. The van der Waals surface area contributed by atoms with Crippen LogP contribution in [0.15, 0.2) is 24.4 Å². The zero-order chi connectivity index (χ0) is 16.9. The van der Waals surface area contributed by atoms with Crippen molar-refractivity contribution in [1.82, 2.24) is 14.8 Å². The number of nitrogens with zero attached hydrogens (tertiary/aromatic N) is 3. The fourth-order valence-electron chi connectivity index (χ4n) is 3.22. The predicted molar refractivity (Wildman–Crippen MR) is 89.2 cm³/mol. The van der Waals surface area contributed by atoms with E-state index < -0.39 is 0 Å². The lowest BCUT2D eigenvalue weighted by molar-refractivity contribution is -0.148. The minimum atomic E-state index is -0.0628. The van der Waals surface area contributed by atoms with Crippen LogP contribution in [0.5, 0.6) is 0 Å². The number of amides is 2. The Hall–Kier alpha value is -1.95. The normalized spacial score (nSPS) is 20.7.